The molecule has 1 fully saturated rings. The van der Waals surface area contributed by atoms with Crippen LogP contribution in [0, 0.1) is 0 Å². The molecule has 134 valence electrons. The number of rotatable bonds is 5. The van der Waals surface area contributed by atoms with Gasteiger partial charge < -0.3 is 4.74 Å². The molecule has 0 spiro atoms. The Bertz CT molecular complexity index is 849. The van der Waals surface area contributed by atoms with Crippen molar-refractivity contribution in [2.45, 2.75) is 6.92 Å². The van der Waals surface area contributed by atoms with Crippen LogP contribution >= 0.6 is 0 Å². The fourth-order valence-electron chi connectivity index (χ4n) is 2.56. The number of nitrogens with zero attached hydrogens (tertiary/aromatic N) is 2. The quantitative estimate of drug-likeness (QED) is 0.815. The van der Waals surface area contributed by atoms with E-state index in [1.807, 2.05) is 31.2 Å². The summed E-state index contributed by atoms with van der Waals surface area (Å²) in [5, 5.41) is 8.51. The van der Waals surface area contributed by atoms with Crippen molar-refractivity contribution in [1.29, 1.82) is 0 Å². The summed E-state index contributed by atoms with van der Waals surface area (Å²) in [5.41, 5.74) is 4.41. The van der Waals surface area contributed by atoms with Crippen LogP contribution in [0.2, 0.25) is 0 Å². The largest absolute Gasteiger partial charge is 0.493 e. The van der Waals surface area contributed by atoms with E-state index in [0.29, 0.717) is 23.7 Å². The van der Waals surface area contributed by atoms with Gasteiger partial charge in [-0.1, -0.05) is 12.1 Å². The molecule has 1 amide bonds. The monoisotopic (exact) mass is 364 g/mol. The minimum absolute atomic E-state index is 0.0449. The molecule has 1 aromatic heterocycles. The average Bonchev–Trinajstić information content (AvgIpc) is 3.08. The number of sulfone groups is 1. The predicted molar refractivity (Wildman–Crippen MR) is 92.9 cm³/mol. The fraction of sp³-hybridized carbons (Fsp3) is 0.375. The number of amides is 1. The van der Waals surface area contributed by atoms with Gasteiger partial charge in [-0.2, -0.15) is 5.10 Å². The summed E-state index contributed by atoms with van der Waals surface area (Å²) in [6.07, 6.45) is 0. The van der Waals surface area contributed by atoms with Gasteiger partial charge in [0.25, 0.3) is 5.91 Å². The van der Waals surface area contributed by atoms with Gasteiger partial charge in [0.1, 0.15) is 11.4 Å². The number of hydrogen-bond donors (Lipinski definition) is 2. The van der Waals surface area contributed by atoms with E-state index < -0.39 is 9.84 Å². The Morgan fingerprint density at radius 1 is 1.32 bits per heavy atom. The van der Waals surface area contributed by atoms with Gasteiger partial charge in [-0.15, -0.1) is 0 Å². The summed E-state index contributed by atoms with van der Waals surface area (Å²) < 4.78 is 28.4. The number of H-pyrrole nitrogens is 1. The number of carbonyl (C=O) groups excluding carboxylic acids is 1. The zero-order valence-corrected chi connectivity index (χ0v) is 14.7. The van der Waals surface area contributed by atoms with Gasteiger partial charge in [-0.3, -0.25) is 15.3 Å². The Hall–Kier alpha value is -2.39. The summed E-state index contributed by atoms with van der Waals surface area (Å²) in [7, 11) is -2.99. The highest BCUT2D eigenvalue weighted by atomic mass is 32.2. The third-order valence-corrected chi connectivity index (χ3v) is 5.50. The van der Waals surface area contributed by atoms with Gasteiger partial charge in [0.2, 0.25) is 0 Å². The summed E-state index contributed by atoms with van der Waals surface area (Å²) in [4.78, 5) is 12.3. The molecule has 3 rings (SSSR count). The highest BCUT2D eigenvalue weighted by molar-refractivity contribution is 7.91. The smallest absolute Gasteiger partial charge is 0.283 e. The van der Waals surface area contributed by atoms with Crippen LogP contribution in [0.5, 0.6) is 5.75 Å². The maximum absolute atomic E-state index is 12.3. The van der Waals surface area contributed by atoms with Crippen LogP contribution in [0.3, 0.4) is 0 Å². The lowest BCUT2D eigenvalue weighted by atomic mass is 10.1. The molecule has 8 nitrogen and oxygen atoms in total. The zero-order chi connectivity index (χ0) is 17.9. The van der Waals surface area contributed by atoms with E-state index in [0.717, 1.165) is 5.56 Å². The predicted octanol–water partition coefficient (Wildman–Crippen LogP) is 0.851. The Balaban J connectivity index is 1.70. The summed E-state index contributed by atoms with van der Waals surface area (Å²) in [6.45, 7) is 3.00. The number of benzene rings is 1. The van der Waals surface area contributed by atoms with Crippen molar-refractivity contribution in [3.8, 4) is 17.0 Å². The maximum atomic E-state index is 12.3. The lowest BCUT2D eigenvalue weighted by Gasteiger charge is -2.26. The third-order valence-electron chi connectivity index (χ3n) is 3.89. The number of hydrazine groups is 1. The van der Waals surface area contributed by atoms with Crippen LogP contribution in [-0.2, 0) is 9.84 Å². The van der Waals surface area contributed by atoms with Crippen LogP contribution < -0.4 is 10.2 Å². The van der Waals surface area contributed by atoms with Crippen molar-refractivity contribution in [3.05, 3.63) is 36.0 Å². The van der Waals surface area contributed by atoms with Crippen LogP contribution in [0.15, 0.2) is 30.3 Å². The molecule has 0 atom stereocenters. The van der Waals surface area contributed by atoms with E-state index in [-0.39, 0.29) is 30.5 Å². The molecular weight excluding hydrogens is 344 g/mol. The normalized spacial score (nSPS) is 17.2. The Morgan fingerprint density at radius 3 is 2.76 bits per heavy atom. The molecule has 9 heteroatoms. The molecule has 2 aromatic rings. The summed E-state index contributed by atoms with van der Waals surface area (Å²) in [5.74, 6) is 0.434. The summed E-state index contributed by atoms with van der Waals surface area (Å²) >= 11 is 0. The number of para-hydroxylation sites is 1. The van der Waals surface area contributed by atoms with Crippen LogP contribution in [0.4, 0.5) is 0 Å². The van der Waals surface area contributed by atoms with Crippen LogP contribution in [0.1, 0.15) is 17.4 Å². The molecule has 1 aliphatic heterocycles. The van der Waals surface area contributed by atoms with Crippen molar-refractivity contribution in [2.75, 3.05) is 31.2 Å². The van der Waals surface area contributed by atoms with E-state index in [4.69, 9.17) is 4.74 Å². The highest BCUT2D eigenvalue weighted by Gasteiger charge is 2.23. The van der Waals surface area contributed by atoms with E-state index in [1.165, 1.54) is 0 Å². The number of aromatic amines is 1. The SMILES string of the molecule is CCOc1ccccc1-c1cc(C(=O)NN2CCS(=O)(=O)CC2)[nH]n1. The molecule has 2 heterocycles. The molecule has 0 radical (unpaired) electrons. The Morgan fingerprint density at radius 2 is 2.04 bits per heavy atom. The molecule has 1 saturated heterocycles. The number of nitrogens with one attached hydrogen (secondary N) is 2. The van der Waals surface area contributed by atoms with Crippen molar-refractivity contribution in [3.63, 3.8) is 0 Å². The lowest BCUT2D eigenvalue weighted by Crippen LogP contribution is -2.50. The van der Waals surface area contributed by atoms with Gasteiger partial charge in [0.05, 0.1) is 23.8 Å². The first kappa shape index (κ1) is 17.4. The molecule has 0 bridgehead atoms. The second-order valence-electron chi connectivity index (χ2n) is 5.68. The topological polar surface area (TPSA) is 104 Å². The number of carbonyl (C=O) groups is 1. The molecular formula is C16H20N4O4S. The summed E-state index contributed by atoms with van der Waals surface area (Å²) in [6, 6.07) is 9.12. The number of hydrogen-bond acceptors (Lipinski definition) is 6. The van der Waals surface area contributed by atoms with E-state index >= 15 is 0 Å². The molecule has 2 N–H and O–H groups in total. The average molecular weight is 364 g/mol. The van der Waals surface area contributed by atoms with E-state index in [9.17, 15) is 13.2 Å². The molecule has 0 saturated carbocycles. The first-order valence-corrected chi connectivity index (χ1v) is 9.84. The Labute approximate surface area is 146 Å². The van der Waals surface area contributed by atoms with Crippen molar-refractivity contribution in [1.82, 2.24) is 20.6 Å². The van der Waals surface area contributed by atoms with Crippen molar-refractivity contribution >= 4 is 15.7 Å². The molecule has 0 unspecified atom stereocenters. The molecule has 1 aliphatic rings. The van der Waals surface area contributed by atoms with Gasteiger partial charge in [0.15, 0.2) is 9.84 Å². The fourth-order valence-corrected chi connectivity index (χ4v) is 3.76. The van der Waals surface area contributed by atoms with Crippen LogP contribution in [-0.4, -0.2) is 60.7 Å². The van der Waals surface area contributed by atoms with Crippen LogP contribution in [0.25, 0.3) is 11.3 Å². The standard InChI is InChI=1S/C16H20N4O4S/c1-2-24-15-6-4-3-5-12(15)13-11-14(18-17-13)16(21)19-20-7-9-25(22,23)10-8-20/h3-6,11H,2,7-10H2,1H3,(H,17,18)(H,19,21). The second-order valence-corrected chi connectivity index (χ2v) is 7.98. The van der Waals surface area contributed by atoms with E-state index in [1.54, 1.807) is 11.1 Å². The van der Waals surface area contributed by atoms with Gasteiger partial charge in [-0.25, -0.2) is 13.4 Å². The highest BCUT2D eigenvalue weighted by Crippen LogP contribution is 2.28. The van der Waals surface area contributed by atoms with Gasteiger partial charge >= 0.3 is 0 Å². The number of aromatic nitrogens is 2. The van der Waals surface area contributed by atoms with Crippen molar-refractivity contribution < 1.29 is 17.9 Å². The van der Waals surface area contributed by atoms with Gasteiger partial charge in [0, 0.05) is 18.7 Å². The molecule has 25 heavy (non-hydrogen) atoms. The zero-order valence-electron chi connectivity index (χ0n) is 13.9. The van der Waals surface area contributed by atoms with Gasteiger partial charge in [-0.05, 0) is 25.1 Å². The molecule has 0 aliphatic carbocycles. The van der Waals surface area contributed by atoms with E-state index in [2.05, 4.69) is 15.6 Å². The molecule has 1 aromatic carbocycles. The van der Waals surface area contributed by atoms with Crippen molar-refractivity contribution in [2.24, 2.45) is 0 Å². The maximum Gasteiger partial charge on any atom is 0.283 e. The lowest BCUT2D eigenvalue weighted by molar-refractivity contribution is 0.0797. The number of ether oxygens (including phenoxy) is 1. The minimum Gasteiger partial charge on any atom is -0.493 e. The first-order chi connectivity index (χ1) is 12.0. The minimum atomic E-state index is -2.99. The first-order valence-electron chi connectivity index (χ1n) is 8.02. The third kappa shape index (κ3) is 4.18. The Kier molecular flexibility index (Phi) is 5.05. The second kappa shape index (κ2) is 7.24.